The predicted molar refractivity (Wildman–Crippen MR) is 50.7 cm³/mol. The lowest BCUT2D eigenvalue weighted by Gasteiger charge is -2.08. The number of esters is 1. The van der Waals surface area contributed by atoms with Gasteiger partial charge < -0.3 is 4.74 Å². The quantitative estimate of drug-likeness (QED) is 0.476. The highest BCUT2D eigenvalue weighted by Gasteiger charge is 2.20. The van der Waals surface area contributed by atoms with E-state index in [2.05, 4.69) is 0 Å². The molecule has 14 heavy (non-hydrogen) atoms. The van der Waals surface area contributed by atoms with E-state index in [1.165, 1.54) is 13.8 Å². The molecule has 0 spiro atoms. The zero-order chi connectivity index (χ0) is 11.1. The third-order valence-electron chi connectivity index (χ3n) is 1.92. The van der Waals surface area contributed by atoms with Crippen molar-refractivity contribution in [2.45, 2.75) is 33.6 Å². The van der Waals surface area contributed by atoms with Crippen molar-refractivity contribution in [3.63, 3.8) is 0 Å². The molecule has 0 aliphatic heterocycles. The number of carbonyl (C=O) groups is 3. The molecule has 0 saturated carbocycles. The molecule has 0 radical (unpaired) electrons. The summed E-state index contributed by atoms with van der Waals surface area (Å²) in [6, 6.07) is 0. The van der Waals surface area contributed by atoms with Crippen LogP contribution in [0.25, 0.3) is 0 Å². The summed E-state index contributed by atoms with van der Waals surface area (Å²) in [5.41, 5.74) is 0. The average Bonchev–Trinajstić information content (AvgIpc) is 2.03. The monoisotopic (exact) mass is 200 g/mol. The van der Waals surface area contributed by atoms with Crippen LogP contribution in [-0.2, 0) is 19.1 Å². The van der Waals surface area contributed by atoms with Gasteiger partial charge in [0.2, 0.25) is 0 Å². The van der Waals surface area contributed by atoms with Gasteiger partial charge in [-0.1, -0.05) is 0 Å². The van der Waals surface area contributed by atoms with E-state index in [0.29, 0.717) is 6.61 Å². The fraction of sp³-hybridized carbons (Fsp3) is 0.700. The zero-order valence-corrected chi connectivity index (χ0v) is 8.83. The van der Waals surface area contributed by atoms with Gasteiger partial charge in [-0.15, -0.1) is 0 Å². The Morgan fingerprint density at radius 3 is 2.00 bits per heavy atom. The first-order valence-electron chi connectivity index (χ1n) is 4.65. The molecule has 0 amide bonds. The van der Waals surface area contributed by atoms with E-state index in [9.17, 15) is 14.4 Å². The maximum absolute atomic E-state index is 11.0. The first-order valence-corrected chi connectivity index (χ1v) is 4.65. The zero-order valence-electron chi connectivity index (χ0n) is 8.83. The predicted octanol–water partition coefficient (Wildman–Crippen LogP) is 1.12. The molecule has 0 atom stereocenters. The van der Waals surface area contributed by atoms with Gasteiger partial charge in [-0.3, -0.25) is 14.4 Å². The molecule has 4 nitrogen and oxygen atoms in total. The minimum absolute atomic E-state index is 0.123. The first-order chi connectivity index (χ1) is 6.49. The van der Waals surface area contributed by atoms with Gasteiger partial charge in [0.25, 0.3) is 0 Å². The molecule has 0 aromatic heterocycles. The Bertz CT molecular complexity index is 218. The first kappa shape index (κ1) is 12.8. The summed E-state index contributed by atoms with van der Waals surface area (Å²) in [4.78, 5) is 32.9. The van der Waals surface area contributed by atoms with Gasteiger partial charge in [-0.2, -0.15) is 0 Å². The second-order valence-electron chi connectivity index (χ2n) is 3.12. The van der Waals surface area contributed by atoms with E-state index in [-0.39, 0.29) is 30.4 Å². The molecular formula is C10H16O4. The fourth-order valence-corrected chi connectivity index (χ4v) is 1.19. The largest absolute Gasteiger partial charge is 0.466 e. The molecule has 0 saturated heterocycles. The van der Waals surface area contributed by atoms with Crippen LogP contribution in [0.4, 0.5) is 0 Å². The molecule has 0 fully saturated rings. The van der Waals surface area contributed by atoms with Crippen LogP contribution in [0.5, 0.6) is 0 Å². The molecule has 4 heteroatoms. The van der Waals surface area contributed by atoms with Crippen molar-refractivity contribution in [1.82, 2.24) is 0 Å². The standard InChI is InChI=1S/C10H16O4/c1-4-14-10(13)6-5-9(7(2)11)8(3)12/h9H,4-6H2,1-3H3. The summed E-state index contributed by atoms with van der Waals surface area (Å²) >= 11 is 0. The number of hydrogen-bond donors (Lipinski definition) is 0. The van der Waals surface area contributed by atoms with Crippen LogP contribution in [0.3, 0.4) is 0 Å². The molecule has 0 aromatic rings. The van der Waals surface area contributed by atoms with E-state index in [0.717, 1.165) is 0 Å². The third kappa shape index (κ3) is 4.74. The van der Waals surface area contributed by atoms with E-state index in [1.54, 1.807) is 6.92 Å². The van der Waals surface area contributed by atoms with Gasteiger partial charge in [0.15, 0.2) is 0 Å². The molecular weight excluding hydrogens is 184 g/mol. The van der Waals surface area contributed by atoms with Crippen molar-refractivity contribution < 1.29 is 19.1 Å². The molecule has 0 aliphatic carbocycles. The number of ether oxygens (including phenoxy) is 1. The maximum atomic E-state index is 11.0. The number of carbonyl (C=O) groups excluding carboxylic acids is 3. The average molecular weight is 200 g/mol. The molecule has 0 N–H and O–H groups in total. The van der Waals surface area contributed by atoms with Crippen LogP contribution >= 0.6 is 0 Å². The van der Waals surface area contributed by atoms with Gasteiger partial charge in [0.05, 0.1) is 12.5 Å². The van der Waals surface area contributed by atoms with Crippen LogP contribution in [0.2, 0.25) is 0 Å². The summed E-state index contributed by atoms with van der Waals surface area (Å²) in [5.74, 6) is -1.40. The van der Waals surface area contributed by atoms with E-state index in [1.807, 2.05) is 0 Å². The minimum atomic E-state index is -0.653. The Hall–Kier alpha value is -1.19. The molecule has 0 aliphatic rings. The second kappa shape index (κ2) is 6.29. The smallest absolute Gasteiger partial charge is 0.305 e. The highest BCUT2D eigenvalue weighted by molar-refractivity contribution is 6.00. The third-order valence-corrected chi connectivity index (χ3v) is 1.92. The van der Waals surface area contributed by atoms with Crippen molar-refractivity contribution >= 4 is 17.5 Å². The maximum Gasteiger partial charge on any atom is 0.305 e. The van der Waals surface area contributed by atoms with Crippen LogP contribution in [0.1, 0.15) is 33.6 Å². The second-order valence-corrected chi connectivity index (χ2v) is 3.12. The van der Waals surface area contributed by atoms with Crippen molar-refractivity contribution in [2.24, 2.45) is 5.92 Å². The van der Waals surface area contributed by atoms with Crippen LogP contribution in [0.15, 0.2) is 0 Å². The Morgan fingerprint density at radius 1 is 1.14 bits per heavy atom. The van der Waals surface area contributed by atoms with Crippen molar-refractivity contribution in [2.75, 3.05) is 6.61 Å². The normalized spacial score (nSPS) is 10.0. The number of ketones is 2. The lowest BCUT2D eigenvalue weighted by molar-refractivity contribution is -0.143. The summed E-state index contributed by atoms with van der Waals surface area (Å²) in [5, 5.41) is 0. The lowest BCUT2D eigenvalue weighted by Crippen LogP contribution is -2.20. The number of hydrogen-bond acceptors (Lipinski definition) is 4. The Morgan fingerprint density at radius 2 is 1.64 bits per heavy atom. The van der Waals surface area contributed by atoms with E-state index >= 15 is 0 Å². The van der Waals surface area contributed by atoms with Crippen LogP contribution < -0.4 is 0 Å². The number of rotatable bonds is 6. The highest BCUT2D eigenvalue weighted by atomic mass is 16.5. The van der Waals surface area contributed by atoms with E-state index in [4.69, 9.17) is 4.74 Å². The summed E-state index contributed by atoms with van der Waals surface area (Å²) in [7, 11) is 0. The van der Waals surface area contributed by atoms with Crippen LogP contribution in [-0.4, -0.2) is 24.1 Å². The van der Waals surface area contributed by atoms with Gasteiger partial charge in [-0.05, 0) is 27.2 Å². The van der Waals surface area contributed by atoms with Gasteiger partial charge in [0.1, 0.15) is 11.6 Å². The SMILES string of the molecule is CCOC(=O)CCC(C(C)=O)C(C)=O. The molecule has 80 valence electrons. The number of Topliss-reactive ketones (excluding diaryl/α,β-unsaturated/α-hetero) is 2. The molecule has 0 bridgehead atoms. The highest BCUT2D eigenvalue weighted by Crippen LogP contribution is 2.09. The van der Waals surface area contributed by atoms with Gasteiger partial charge in [-0.25, -0.2) is 0 Å². The van der Waals surface area contributed by atoms with Crippen molar-refractivity contribution in [3.05, 3.63) is 0 Å². The Balaban J connectivity index is 4.01. The fourth-order valence-electron chi connectivity index (χ4n) is 1.19. The van der Waals surface area contributed by atoms with Crippen molar-refractivity contribution in [1.29, 1.82) is 0 Å². The van der Waals surface area contributed by atoms with Crippen molar-refractivity contribution in [3.8, 4) is 0 Å². The summed E-state index contributed by atoms with van der Waals surface area (Å²) in [6.07, 6.45) is 0.376. The minimum Gasteiger partial charge on any atom is -0.466 e. The topological polar surface area (TPSA) is 60.4 Å². The molecule has 0 heterocycles. The molecule has 0 rings (SSSR count). The van der Waals surface area contributed by atoms with Gasteiger partial charge in [0, 0.05) is 6.42 Å². The molecule has 0 aromatic carbocycles. The molecule has 0 unspecified atom stereocenters. The lowest BCUT2D eigenvalue weighted by atomic mass is 9.95. The summed E-state index contributed by atoms with van der Waals surface area (Å²) in [6.45, 7) is 4.75. The van der Waals surface area contributed by atoms with Gasteiger partial charge >= 0.3 is 5.97 Å². The van der Waals surface area contributed by atoms with E-state index < -0.39 is 5.92 Å². The Labute approximate surface area is 83.6 Å². The summed E-state index contributed by atoms with van der Waals surface area (Å²) < 4.78 is 4.69. The van der Waals surface area contributed by atoms with Crippen LogP contribution in [0, 0.1) is 5.92 Å². The Kier molecular flexibility index (Phi) is 5.76.